The third-order valence-corrected chi connectivity index (χ3v) is 3.82. The molecule has 0 radical (unpaired) electrons. The Labute approximate surface area is 140 Å². The largest absolute Gasteiger partial charge is 0.497 e. The number of carbonyl (C=O) groups excluding carboxylic acids is 2. The van der Waals surface area contributed by atoms with E-state index in [9.17, 15) is 9.59 Å². The standard InChI is InChI=1S/C17H19N3O4/c1-19(6-4-5-18)16(22)10-20-9-12(11-21)17-14(20)7-13(23-2)8-15(17)24-3/h7-9,11H,4,6,10H2,1-3H3. The summed E-state index contributed by atoms with van der Waals surface area (Å²) in [4.78, 5) is 25.2. The van der Waals surface area contributed by atoms with Crippen molar-refractivity contribution in [1.82, 2.24) is 9.47 Å². The van der Waals surface area contributed by atoms with E-state index in [1.807, 2.05) is 6.07 Å². The lowest BCUT2D eigenvalue weighted by atomic mass is 10.1. The first-order valence-electron chi connectivity index (χ1n) is 7.36. The maximum absolute atomic E-state index is 12.3. The number of nitriles is 1. The molecule has 0 atom stereocenters. The van der Waals surface area contributed by atoms with Crippen LogP contribution in [0.2, 0.25) is 0 Å². The summed E-state index contributed by atoms with van der Waals surface area (Å²) < 4.78 is 12.3. The van der Waals surface area contributed by atoms with Crippen LogP contribution in [0.25, 0.3) is 10.9 Å². The number of carbonyl (C=O) groups is 2. The zero-order valence-electron chi connectivity index (χ0n) is 13.9. The van der Waals surface area contributed by atoms with Crippen LogP contribution >= 0.6 is 0 Å². The van der Waals surface area contributed by atoms with E-state index < -0.39 is 0 Å². The molecule has 24 heavy (non-hydrogen) atoms. The lowest BCUT2D eigenvalue weighted by Gasteiger charge is -2.16. The Morgan fingerprint density at radius 1 is 1.38 bits per heavy atom. The van der Waals surface area contributed by atoms with E-state index in [4.69, 9.17) is 14.7 Å². The second-order valence-electron chi connectivity index (χ2n) is 5.28. The van der Waals surface area contributed by atoms with Crippen LogP contribution in [0.1, 0.15) is 16.8 Å². The highest BCUT2D eigenvalue weighted by atomic mass is 16.5. The molecule has 0 aliphatic rings. The van der Waals surface area contributed by atoms with E-state index in [1.165, 1.54) is 19.1 Å². The predicted molar refractivity (Wildman–Crippen MR) is 88.3 cm³/mol. The summed E-state index contributed by atoms with van der Waals surface area (Å²) in [6.07, 6.45) is 2.63. The van der Waals surface area contributed by atoms with E-state index in [0.717, 1.165) is 6.29 Å². The Kier molecular flexibility index (Phi) is 5.42. The van der Waals surface area contributed by atoms with Gasteiger partial charge in [0.25, 0.3) is 0 Å². The molecule has 0 fully saturated rings. The fraction of sp³-hybridized carbons (Fsp3) is 0.353. The van der Waals surface area contributed by atoms with Crippen molar-refractivity contribution in [3.8, 4) is 17.6 Å². The summed E-state index contributed by atoms with van der Waals surface area (Å²) in [5, 5.41) is 9.26. The van der Waals surface area contributed by atoms with Crippen LogP contribution in [0.15, 0.2) is 18.3 Å². The molecule has 0 saturated heterocycles. The van der Waals surface area contributed by atoms with Crippen molar-refractivity contribution in [3.05, 3.63) is 23.9 Å². The minimum Gasteiger partial charge on any atom is -0.497 e. The molecule has 7 heteroatoms. The number of aldehydes is 1. The molecule has 0 aliphatic carbocycles. The van der Waals surface area contributed by atoms with E-state index in [2.05, 4.69) is 0 Å². The number of fused-ring (bicyclic) bond motifs is 1. The number of benzene rings is 1. The fourth-order valence-corrected chi connectivity index (χ4v) is 2.50. The van der Waals surface area contributed by atoms with Crippen LogP contribution < -0.4 is 9.47 Å². The number of hydrogen-bond acceptors (Lipinski definition) is 5. The molecule has 0 aliphatic heterocycles. The number of nitrogens with zero attached hydrogens (tertiary/aromatic N) is 3. The molecule has 1 aromatic heterocycles. The molecule has 0 bridgehead atoms. The van der Waals surface area contributed by atoms with Gasteiger partial charge in [-0.05, 0) is 0 Å². The van der Waals surface area contributed by atoms with Gasteiger partial charge in [-0.15, -0.1) is 0 Å². The highest BCUT2D eigenvalue weighted by Crippen LogP contribution is 2.34. The highest BCUT2D eigenvalue weighted by Gasteiger charge is 2.17. The summed E-state index contributed by atoms with van der Waals surface area (Å²) in [5.74, 6) is 0.929. The predicted octanol–water partition coefficient (Wildman–Crippen LogP) is 1.84. The lowest BCUT2D eigenvalue weighted by molar-refractivity contribution is -0.130. The van der Waals surface area contributed by atoms with Crippen molar-refractivity contribution in [2.45, 2.75) is 13.0 Å². The molecule has 0 spiro atoms. The molecule has 2 aromatic rings. The maximum Gasteiger partial charge on any atom is 0.242 e. The van der Waals surface area contributed by atoms with E-state index in [-0.39, 0.29) is 18.9 Å². The van der Waals surface area contributed by atoms with E-state index in [1.54, 1.807) is 29.9 Å². The molecule has 1 heterocycles. The van der Waals surface area contributed by atoms with Crippen molar-refractivity contribution < 1.29 is 19.1 Å². The molecular weight excluding hydrogens is 310 g/mol. The van der Waals surface area contributed by atoms with Crippen LogP contribution in [-0.2, 0) is 11.3 Å². The molecule has 0 saturated carbocycles. The van der Waals surface area contributed by atoms with Gasteiger partial charge < -0.3 is 18.9 Å². The Morgan fingerprint density at radius 2 is 2.12 bits per heavy atom. The number of amides is 1. The molecule has 0 N–H and O–H groups in total. The molecule has 1 amide bonds. The molecule has 0 unspecified atom stereocenters. The minimum absolute atomic E-state index is 0.0581. The van der Waals surface area contributed by atoms with E-state index in [0.29, 0.717) is 34.5 Å². The van der Waals surface area contributed by atoms with Crippen molar-refractivity contribution in [2.24, 2.45) is 0 Å². The van der Waals surface area contributed by atoms with Gasteiger partial charge in [-0.1, -0.05) is 0 Å². The third-order valence-electron chi connectivity index (χ3n) is 3.82. The number of rotatable bonds is 7. The topological polar surface area (TPSA) is 84.6 Å². The summed E-state index contributed by atoms with van der Waals surface area (Å²) in [6, 6.07) is 5.46. The van der Waals surface area contributed by atoms with Gasteiger partial charge in [0.15, 0.2) is 6.29 Å². The van der Waals surface area contributed by atoms with Crippen molar-refractivity contribution in [1.29, 1.82) is 5.26 Å². The lowest BCUT2D eigenvalue weighted by Crippen LogP contribution is -2.30. The van der Waals surface area contributed by atoms with Crippen molar-refractivity contribution >= 4 is 23.1 Å². The van der Waals surface area contributed by atoms with Crippen LogP contribution in [0.4, 0.5) is 0 Å². The first-order chi connectivity index (χ1) is 11.5. The number of likely N-dealkylation sites (N-methyl/N-ethyl adjacent to an activating group) is 1. The average molecular weight is 329 g/mol. The third kappa shape index (κ3) is 3.33. The normalized spacial score (nSPS) is 10.2. The zero-order valence-corrected chi connectivity index (χ0v) is 13.9. The quantitative estimate of drug-likeness (QED) is 0.724. The summed E-state index contributed by atoms with van der Waals surface area (Å²) in [5.41, 5.74) is 1.12. The first kappa shape index (κ1) is 17.3. The Morgan fingerprint density at radius 3 is 2.71 bits per heavy atom. The van der Waals surface area contributed by atoms with Gasteiger partial charge >= 0.3 is 0 Å². The second kappa shape index (κ2) is 7.51. The molecule has 7 nitrogen and oxygen atoms in total. The van der Waals surface area contributed by atoms with Gasteiger partial charge in [-0.2, -0.15) is 5.26 Å². The van der Waals surface area contributed by atoms with Gasteiger partial charge in [0.05, 0.1) is 37.6 Å². The van der Waals surface area contributed by atoms with Crippen molar-refractivity contribution in [3.63, 3.8) is 0 Å². The monoisotopic (exact) mass is 329 g/mol. The molecule has 1 aromatic carbocycles. The Hall–Kier alpha value is -3.01. The van der Waals surface area contributed by atoms with Gasteiger partial charge in [-0.3, -0.25) is 9.59 Å². The second-order valence-corrected chi connectivity index (χ2v) is 5.28. The average Bonchev–Trinajstić information content (AvgIpc) is 2.96. The van der Waals surface area contributed by atoms with Gasteiger partial charge in [0, 0.05) is 37.5 Å². The first-order valence-corrected chi connectivity index (χ1v) is 7.36. The Balaban J connectivity index is 2.45. The summed E-state index contributed by atoms with van der Waals surface area (Å²) in [6.45, 7) is 0.421. The van der Waals surface area contributed by atoms with Crippen LogP contribution in [0.5, 0.6) is 11.5 Å². The number of methoxy groups -OCH3 is 2. The minimum atomic E-state index is -0.151. The summed E-state index contributed by atoms with van der Waals surface area (Å²) in [7, 11) is 4.70. The van der Waals surface area contributed by atoms with E-state index >= 15 is 0 Å². The SMILES string of the molecule is COc1cc(OC)c2c(C=O)cn(CC(=O)N(C)CCC#N)c2c1. The van der Waals surface area contributed by atoms with Crippen LogP contribution in [-0.4, -0.2) is 49.5 Å². The van der Waals surface area contributed by atoms with Crippen molar-refractivity contribution in [2.75, 3.05) is 27.8 Å². The van der Waals surface area contributed by atoms with Gasteiger partial charge in [0.1, 0.15) is 18.0 Å². The Bertz CT molecular complexity index is 804. The summed E-state index contributed by atoms with van der Waals surface area (Å²) >= 11 is 0. The van der Waals surface area contributed by atoms with Gasteiger partial charge in [0.2, 0.25) is 5.91 Å². The number of ether oxygens (including phenoxy) is 2. The fourth-order valence-electron chi connectivity index (χ4n) is 2.50. The van der Waals surface area contributed by atoms with Crippen LogP contribution in [0, 0.1) is 11.3 Å². The highest BCUT2D eigenvalue weighted by molar-refractivity contribution is 6.02. The number of hydrogen-bond donors (Lipinski definition) is 0. The molecule has 2 rings (SSSR count). The smallest absolute Gasteiger partial charge is 0.242 e. The zero-order chi connectivity index (χ0) is 17.7. The molecule has 126 valence electrons. The van der Waals surface area contributed by atoms with Gasteiger partial charge in [-0.25, -0.2) is 0 Å². The van der Waals surface area contributed by atoms with Crippen LogP contribution in [0.3, 0.4) is 0 Å². The number of aromatic nitrogens is 1. The molecular formula is C17H19N3O4. The maximum atomic E-state index is 12.3.